The van der Waals surface area contributed by atoms with Gasteiger partial charge in [0.25, 0.3) is 0 Å². The molecule has 1 rings (SSSR count). The monoisotopic (exact) mass is 352 g/mol. The molecule has 0 bridgehead atoms. The minimum absolute atomic E-state index is 0.254. The first kappa shape index (κ1) is 12.6. The van der Waals surface area contributed by atoms with E-state index in [0.29, 0.717) is 0 Å². The third-order valence-electron chi connectivity index (χ3n) is 1.39. The van der Waals surface area contributed by atoms with Crippen LogP contribution < -0.4 is 5.14 Å². The van der Waals surface area contributed by atoms with Crippen LogP contribution in [0.5, 0.6) is 0 Å². The standard InChI is InChI=1S/C6H4F3IN2O2S/c7-6(8,9)5-4(15(11,13)14)1-3(10)2-12-5/h1-2H,(H2,11,13,14). The van der Waals surface area contributed by atoms with Crippen molar-refractivity contribution >= 4 is 32.6 Å². The van der Waals surface area contributed by atoms with Crippen LogP contribution in [0, 0.1) is 3.57 Å². The van der Waals surface area contributed by atoms with E-state index in [0.717, 1.165) is 12.3 Å². The van der Waals surface area contributed by atoms with E-state index < -0.39 is 26.8 Å². The summed E-state index contributed by atoms with van der Waals surface area (Å²) in [5, 5.41) is 4.65. The van der Waals surface area contributed by atoms with Crippen LogP contribution in [0.15, 0.2) is 17.2 Å². The van der Waals surface area contributed by atoms with Gasteiger partial charge in [0.05, 0.1) is 0 Å². The smallest absolute Gasteiger partial charge is 0.249 e. The van der Waals surface area contributed by atoms with Gasteiger partial charge < -0.3 is 0 Å². The van der Waals surface area contributed by atoms with Crippen molar-refractivity contribution in [3.63, 3.8) is 0 Å². The van der Waals surface area contributed by atoms with Crippen LogP contribution in [0.25, 0.3) is 0 Å². The Balaban J connectivity index is 3.55. The highest BCUT2D eigenvalue weighted by atomic mass is 127. The van der Waals surface area contributed by atoms with Crippen molar-refractivity contribution < 1.29 is 21.6 Å². The van der Waals surface area contributed by atoms with Crippen LogP contribution in [0.1, 0.15) is 5.69 Å². The third kappa shape index (κ3) is 3.01. The van der Waals surface area contributed by atoms with E-state index in [9.17, 15) is 21.6 Å². The molecule has 1 aromatic rings. The maximum absolute atomic E-state index is 12.3. The fraction of sp³-hybridized carbons (Fsp3) is 0.167. The lowest BCUT2D eigenvalue weighted by Gasteiger charge is -2.09. The summed E-state index contributed by atoms with van der Waals surface area (Å²) in [6.07, 6.45) is -3.93. The van der Waals surface area contributed by atoms with E-state index >= 15 is 0 Å². The number of nitrogens with zero attached hydrogens (tertiary/aromatic N) is 1. The van der Waals surface area contributed by atoms with Crippen LogP contribution in [0.2, 0.25) is 0 Å². The number of hydrogen-bond donors (Lipinski definition) is 1. The highest BCUT2D eigenvalue weighted by Crippen LogP contribution is 2.32. The van der Waals surface area contributed by atoms with Crippen LogP contribution in [-0.4, -0.2) is 13.4 Å². The Labute approximate surface area is 96.9 Å². The second kappa shape index (κ2) is 3.87. The molecule has 0 saturated heterocycles. The normalized spacial score (nSPS) is 12.9. The number of pyridine rings is 1. The van der Waals surface area contributed by atoms with E-state index in [1.165, 1.54) is 0 Å². The molecule has 0 aromatic carbocycles. The van der Waals surface area contributed by atoms with Gasteiger partial charge in [-0.15, -0.1) is 0 Å². The Morgan fingerprint density at radius 2 is 1.93 bits per heavy atom. The summed E-state index contributed by atoms with van der Waals surface area (Å²) in [4.78, 5) is 2.01. The molecule has 0 fully saturated rings. The Morgan fingerprint density at radius 3 is 2.33 bits per heavy atom. The Kier molecular flexibility index (Phi) is 3.26. The van der Waals surface area contributed by atoms with Gasteiger partial charge in [-0.3, -0.25) is 0 Å². The maximum Gasteiger partial charge on any atom is 0.434 e. The Morgan fingerprint density at radius 1 is 1.40 bits per heavy atom. The summed E-state index contributed by atoms with van der Waals surface area (Å²) in [5.41, 5.74) is -1.49. The molecule has 15 heavy (non-hydrogen) atoms. The minimum atomic E-state index is -4.84. The van der Waals surface area contributed by atoms with Gasteiger partial charge >= 0.3 is 6.18 Å². The zero-order chi connectivity index (χ0) is 11.9. The molecule has 0 aliphatic carbocycles. The number of aromatic nitrogens is 1. The fourth-order valence-electron chi connectivity index (χ4n) is 0.850. The summed E-state index contributed by atoms with van der Waals surface area (Å²) >= 11 is 1.64. The van der Waals surface area contributed by atoms with Crippen molar-refractivity contribution in [1.29, 1.82) is 0 Å². The van der Waals surface area contributed by atoms with Crippen molar-refractivity contribution in [3.05, 3.63) is 21.5 Å². The molecule has 0 atom stereocenters. The first-order chi connectivity index (χ1) is 6.62. The number of nitrogens with two attached hydrogens (primary N) is 1. The predicted molar refractivity (Wildman–Crippen MR) is 53.3 cm³/mol. The minimum Gasteiger partial charge on any atom is -0.249 e. The van der Waals surface area contributed by atoms with Gasteiger partial charge in [-0.05, 0) is 28.7 Å². The second-order valence-corrected chi connectivity index (χ2v) is 5.32. The SMILES string of the molecule is NS(=O)(=O)c1cc(I)cnc1C(F)(F)F. The van der Waals surface area contributed by atoms with Crippen LogP contribution in [-0.2, 0) is 16.2 Å². The molecule has 0 amide bonds. The summed E-state index contributed by atoms with van der Waals surface area (Å²) in [5.74, 6) is 0. The van der Waals surface area contributed by atoms with Gasteiger partial charge in [0.2, 0.25) is 10.0 Å². The summed E-state index contributed by atoms with van der Waals surface area (Å²) in [6.45, 7) is 0. The summed E-state index contributed by atoms with van der Waals surface area (Å²) in [7, 11) is -4.43. The lowest BCUT2D eigenvalue weighted by molar-refractivity contribution is -0.143. The molecule has 9 heteroatoms. The summed E-state index contributed by atoms with van der Waals surface area (Å²) < 4.78 is 59.0. The highest BCUT2D eigenvalue weighted by molar-refractivity contribution is 14.1. The molecule has 0 spiro atoms. The lowest BCUT2D eigenvalue weighted by Crippen LogP contribution is -2.20. The molecular weight excluding hydrogens is 348 g/mol. The Bertz CT molecular complexity index is 486. The van der Waals surface area contributed by atoms with Gasteiger partial charge in [0, 0.05) is 9.77 Å². The van der Waals surface area contributed by atoms with Crippen LogP contribution >= 0.6 is 22.6 Å². The van der Waals surface area contributed by atoms with Crippen molar-refractivity contribution in [1.82, 2.24) is 4.98 Å². The number of halogens is 4. The predicted octanol–water partition coefficient (Wildman–Crippen LogP) is 1.35. The quantitative estimate of drug-likeness (QED) is 0.776. The van der Waals surface area contributed by atoms with Gasteiger partial charge in [-0.25, -0.2) is 18.5 Å². The molecule has 0 unspecified atom stereocenters. The van der Waals surface area contributed by atoms with Crippen molar-refractivity contribution in [3.8, 4) is 0 Å². The zero-order valence-electron chi connectivity index (χ0n) is 6.92. The van der Waals surface area contributed by atoms with Crippen molar-refractivity contribution in [2.24, 2.45) is 5.14 Å². The first-order valence-electron chi connectivity index (χ1n) is 3.38. The van der Waals surface area contributed by atoms with Gasteiger partial charge in [-0.1, -0.05) is 0 Å². The molecule has 1 heterocycles. The van der Waals surface area contributed by atoms with Gasteiger partial charge in [-0.2, -0.15) is 13.2 Å². The molecular formula is C6H4F3IN2O2S. The maximum atomic E-state index is 12.3. The highest BCUT2D eigenvalue weighted by Gasteiger charge is 2.38. The number of primary sulfonamides is 1. The molecule has 2 N–H and O–H groups in total. The Hall–Kier alpha value is -0.420. The van der Waals surface area contributed by atoms with E-state index in [2.05, 4.69) is 10.1 Å². The second-order valence-electron chi connectivity index (χ2n) is 2.54. The molecule has 1 aromatic heterocycles. The van der Waals surface area contributed by atoms with Crippen molar-refractivity contribution in [2.45, 2.75) is 11.1 Å². The molecule has 0 aliphatic heterocycles. The number of hydrogen-bond acceptors (Lipinski definition) is 3. The van der Waals surface area contributed by atoms with E-state index in [-0.39, 0.29) is 3.57 Å². The molecule has 0 saturated carbocycles. The largest absolute Gasteiger partial charge is 0.434 e. The number of rotatable bonds is 1. The topological polar surface area (TPSA) is 73.1 Å². The average Bonchev–Trinajstić information content (AvgIpc) is 2.00. The third-order valence-corrected chi connectivity index (χ3v) is 2.91. The molecule has 4 nitrogen and oxygen atoms in total. The summed E-state index contributed by atoms with van der Waals surface area (Å²) in [6, 6.07) is 0.825. The van der Waals surface area contributed by atoms with Gasteiger partial charge in [0.15, 0.2) is 5.69 Å². The van der Waals surface area contributed by atoms with Gasteiger partial charge in [0.1, 0.15) is 4.90 Å². The molecule has 84 valence electrons. The van der Waals surface area contributed by atoms with E-state index in [4.69, 9.17) is 0 Å². The first-order valence-corrected chi connectivity index (χ1v) is 6.00. The molecule has 0 aliphatic rings. The average molecular weight is 352 g/mol. The fourth-order valence-corrected chi connectivity index (χ4v) is 2.24. The van der Waals surface area contributed by atoms with E-state index in [1.807, 2.05) is 0 Å². The van der Waals surface area contributed by atoms with Crippen LogP contribution in [0.4, 0.5) is 13.2 Å². The zero-order valence-corrected chi connectivity index (χ0v) is 9.89. The van der Waals surface area contributed by atoms with Crippen LogP contribution in [0.3, 0.4) is 0 Å². The van der Waals surface area contributed by atoms with Crippen molar-refractivity contribution in [2.75, 3.05) is 0 Å². The number of alkyl halides is 3. The number of sulfonamides is 1. The molecule has 0 radical (unpaired) electrons. The van der Waals surface area contributed by atoms with E-state index in [1.54, 1.807) is 22.6 Å². The lowest BCUT2D eigenvalue weighted by atomic mass is 10.3.